The van der Waals surface area contributed by atoms with E-state index in [9.17, 15) is 39.5 Å². The Morgan fingerprint density at radius 3 is 0.452 bits per heavy atom. The molecule has 0 saturated heterocycles. The second-order valence-corrected chi connectivity index (χ2v) is 26.8. The highest BCUT2D eigenvalue weighted by Crippen LogP contribution is 2.61. The molecule has 0 aliphatic carbocycles. The summed E-state index contributed by atoms with van der Waals surface area (Å²) < 4.78 is 575. The summed E-state index contributed by atoms with van der Waals surface area (Å²) in [6.07, 6.45) is -75.5. The summed E-state index contributed by atoms with van der Waals surface area (Å²) in [5.41, 5.74) is -63.7. The minimum absolute atomic E-state index is 0.135. The predicted molar refractivity (Wildman–Crippen MR) is 382 cm³/mol. The molecule has 40 heteroatoms. The third-order valence-corrected chi connectivity index (χ3v) is 18.9. The lowest BCUT2D eigenvalue weighted by Gasteiger charge is -2.37. The van der Waals surface area contributed by atoms with E-state index in [1.54, 1.807) is 0 Å². The second kappa shape index (κ2) is 31.9. The Kier molecular flexibility index (Phi) is 23.3. The molecular formula is C84H42F36N4. The first-order chi connectivity index (χ1) is 57.2. The molecule has 12 aromatic rings. The van der Waals surface area contributed by atoms with Crippen molar-refractivity contribution in [3.63, 3.8) is 0 Å². The zero-order chi connectivity index (χ0) is 91.3. The number of hydrogen-bond acceptors (Lipinski definition) is 4. The molecule has 0 heterocycles. The molecule has 4 nitrogen and oxygen atoms in total. The fourth-order valence-corrected chi connectivity index (χ4v) is 13.9. The van der Waals surface area contributed by atoms with Crippen molar-refractivity contribution in [2.45, 2.75) is 74.1 Å². The fourth-order valence-electron chi connectivity index (χ4n) is 13.9. The van der Waals surface area contributed by atoms with Crippen LogP contribution in [-0.2, 0) is 74.1 Å². The van der Waals surface area contributed by atoms with Gasteiger partial charge in [0.25, 0.3) is 0 Å². The van der Waals surface area contributed by atoms with Crippen LogP contribution in [0.3, 0.4) is 0 Å². The van der Waals surface area contributed by atoms with Gasteiger partial charge in [0.05, 0.1) is 101 Å². The molecule has 0 fully saturated rings. The lowest BCUT2D eigenvalue weighted by molar-refractivity contribution is -0.141. The third kappa shape index (κ3) is 18.5. The average Bonchev–Trinajstić information content (AvgIpc) is 0.714. The Bertz CT molecular complexity index is 5370. The molecule has 0 N–H and O–H groups in total. The largest absolute Gasteiger partial charge is 0.418 e. The first kappa shape index (κ1) is 90.5. The summed E-state index contributed by atoms with van der Waals surface area (Å²) in [6.45, 7) is 0. The Morgan fingerprint density at radius 2 is 0.274 bits per heavy atom. The number of rotatable bonds is 15. The molecule has 0 amide bonds. The van der Waals surface area contributed by atoms with E-state index in [1.165, 1.54) is 0 Å². The molecule has 0 spiro atoms. The molecule has 0 bridgehead atoms. The number of nitrogens with zero attached hydrogens (tertiary/aromatic N) is 4. The summed E-state index contributed by atoms with van der Waals surface area (Å²) in [5, 5.41) is 0. The quantitative estimate of drug-likeness (QED) is 0.0949. The van der Waals surface area contributed by atoms with E-state index in [4.69, 9.17) is 0 Å². The highest BCUT2D eigenvalue weighted by atomic mass is 19.5. The van der Waals surface area contributed by atoms with Crippen molar-refractivity contribution >= 4 is 68.2 Å². The molecule has 0 radical (unpaired) electrons. The van der Waals surface area contributed by atoms with Gasteiger partial charge in [-0.3, -0.25) is 0 Å². The molecule has 0 aromatic heterocycles. The number of alkyl halides is 36. The van der Waals surface area contributed by atoms with E-state index in [2.05, 4.69) is 0 Å². The van der Waals surface area contributed by atoms with Gasteiger partial charge in [-0.15, -0.1) is 0 Å². The topological polar surface area (TPSA) is 13.0 Å². The van der Waals surface area contributed by atoms with Gasteiger partial charge in [0, 0.05) is 34.1 Å². The summed E-state index contributed by atoms with van der Waals surface area (Å²) in [7, 11) is 0. The van der Waals surface area contributed by atoms with Crippen molar-refractivity contribution in [2.75, 3.05) is 19.6 Å². The van der Waals surface area contributed by atoms with Gasteiger partial charge < -0.3 is 19.6 Å². The number of para-hydroxylation sites is 3. The number of benzene rings is 12. The monoisotopic (exact) mass is 1790 g/mol. The van der Waals surface area contributed by atoms with Crippen LogP contribution >= 0.6 is 0 Å². The third-order valence-electron chi connectivity index (χ3n) is 18.9. The van der Waals surface area contributed by atoms with Crippen molar-refractivity contribution < 1.29 is 158 Å². The minimum atomic E-state index is -6.92. The summed E-state index contributed by atoms with van der Waals surface area (Å²) in [6, 6.07) is 11.4. The molecule has 0 atom stereocenters. The maximum Gasteiger partial charge on any atom is 0.418 e. The zero-order valence-corrected chi connectivity index (χ0v) is 60.6. The summed E-state index contributed by atoms with van der Waals surface area (Å²) in [5.74, 6) is 0. The van der Waals surface area contributed by atoms with Crippen LogP contribution in [0.4, 0.5) is 226 Å². The fraction of sp³-hybridized carbons (Fsp3) is 0.143. The molecule has 0 saturated carbocycles. The van der Waals surface area contributed by atoms with Crippen LogP contribution in [-0.4, -0.2) is 0 Å². The van der Waals surface area contributed by atoms with Gasteiger partial charge in [-0.25, -0.2) is 0 Å². The number of hydrogen-bond donors (Lipinski definition) is 0. The first-order valence-electron chi connectivity index (χ1n) is 34.6. The zero-order valence-electron chi connectivity index (χ0n) is 60.6. The molecule has 12 aromatic carbocycles. The highest BCUT2D eigenvalue weighted by molar-refractivity contribution is 5.94. The minimum Gasteiger partial charge on any atom is -0.310 e. The molecule has 124 heavy (non-hydrogen) atoms. The van der Waals surface area contributed by atoms with Crippen LogP contribution in [0.15, 0.2) is 255 Å². The SMILES string of the molecule is FC(F)(F)c1ccccc1-c1ccc(N(c2ccccc2)c2cc(C(F)(F)F)c(N(c3cc(C(F)(F)F)c(N(c4ccccc4)c4ccc(-c5ccccc5C(F)(F)F)c(C(F)(F)F)c4)cc3C(F)(F)F)c3cc(C(F)(F)F)c(N(c4ccccc4)c4ccc(-c5ccccc5C(F)(F)F)c(C(F)(F)F)c4)cc3C(F)(F)F)cc2C(F)(F)F)cc1C(F)(F)F. The lowest BCUT2D eigenvalue weighted by atomic mass is 9.93. The molecule has 12 rings (SSSR count). The average molecular weight is 1790 g/mol. The van der Waals surface area contributed by atoms with E-state index in [-0.39, 0.29) is 87.5 Å². The van der Waals surface area contributed by atoms with Crippen molar-refractivity contribution in [1.82, 2.24) is 0 Å². The number of anilines is 12. The van der Waals surface area contributed by atoms with E-state index >= 15 is 119 Å². The maximum absolute atomic E-state index is 17.0. The Labute approximate surface area is 672 Å². The molecule has 0 unspecified atom stereocenters. The van der Waals surface area contributed by atoms with Crippen molar-refractivity contribution in [3.05, 3.63) is 322 Å². The van der Waals surface area contributed by atoms with E-state index in [1.807, 2.05) is 0 Å². The standard InChI is InChI=1S/C84H42F36N4/c85-73(86,87)55-25-13-10-22-49(55)52-31-28-46(34-58(52)76(94,95)96)121(43-16-4-1-5-17-43)67-37-64(82(112,113)114)70(40-61(67)79(103,104)105)124(71-41-62(80(106,107)108)68(38-65(71)83(115,116)117)122(44-18-6-2-7-19-44)47-29-32-53(59(35-47)77(97,98)99)50-23-11-14-26-56(50)74(88,89)90)72-42-63(81(109,110)111)69(39-66(72)84(118,119)120)123(45-20-8-3-9-21-45)48-30-33-54(60(36-48)78(100,101)102)51-24-12-15-27-57(51)75(91,92)93/h1-42H. The molecule has 650 valence electrons. The summed E-state index contributed by atoms with van der Waals surface area (Å²) in [4.78, 5) is -2.31. The van der Waals surface area contributed by atoms with E-state index in [0.717, 1.165) is 72.8 Å². The van der Waals surface area contributed by atoms with Gasteiger partial charge in [0.2, 0.25) is 0 Å². The van der Waals surface area contributed by atoms with Gasteiger partial charge >= 0.3 is 74.1 Å². The maximum atomic E-state index is 17.0. The van der Waals surface area contributed by atoms with Gasteiger partial charge in [0.15, 0.2) is 0 Å². The van der Waals surface area contributed by atoms with Crippen LogP contribution < -0.4 is 19.6 Å². The van der Waals surface area contributed by atoms with Gasteiger partial charge in [-0.2, -0.15) is 158 Å². The Balaban J connectivity index is 1.27. The Hall–Kier alpha value is -12.7. The van der Waals surface area contributed by atoms with Crippen LogP contribution in [0.1, 0.15) is 66.8 Å². The van der Waals surface area contributed by atoms with Crippen molar-refractivity contribution in [2.24, 2.45) is 0 Å². The molecular weight excluding hydrogens is 1750 g/mol. The van der Waals surface area contributed by atoms with Crippen molar-refractivity contribution in [1.29, 1.82) is 0 Å². The second-order valence-electron chi connectivity index (χ2n) is 26.8. The van der Waals surface area contributed by atoms with Crippen LogP contribution in [0.2, 0.25) is 0 Å². The van der Waals surface area contributed by atoms with Crippen LogP contribution in [0, 0.1) is 0 Å². The van der Waals surface area contributed by atoms with Crippen molar-refractivity contribution in [3.8, 4) is 33.4 Å². The van der Waals surface area contributed by atoms with Gasteiger partial charge in [-0.05, 0) is 161 Å². The van der Waals surface area contributed by atoms with Gasteiger partial charge in [-0.1, -0.05) is 127 Å². The highest BCUT2D eigenvalue weighted by Gasteiger charge is 2.52. The smallest absolute Gasteiger partial charge is 0.310 e. The number of halogens is 36. The summed E-state index contributed by atoms with van der Waals surface area (Å²) >= 11 is 0. The Morgan fingerprint density at radius 1 is 0.121 bits per heavy atom. The van der Waals surface area contributed by atoms with Gasteiger partial charge in [0.1, 0.15) is 0 Å². The lowest BCUT2D eigenvalue weighted by Crippen LogP contribution is -2.27. The predicted octanol–water partition coefficient (Wildman–Crippen LogP) is 32.8. The normalized spacial score (nSPS) is 13.2. The molecule has 0 aliphatic heterocycles. The van der Waals surface area contributed by atoms with E-state index in [0.29, 0.717) is 72.8 Å². The van der Waals surface area contributed by atoms with E-state index < -0.39 is 284 Å². The first-order valence-corrected chi connectivity index (χ1v) is 34.6. The van der Waals surface area contributed by atoms with Crippen LogP contribution in [0.5, 0.6) is 0 Å². The van der Waals surface area contributed by atoms with Crippen LogP contribution in [0.25, 0.3) is 33.4 Å². The molecule has 0 aliphatic rings.